The number of nitrogens with two attached hydrogens (primary N) is 1. The van der Waals surface area contributed by atoms with Crippen LogP contribution in [-0.2, 0) is 18.4 Å². The van der Waals surface area contributed by atoms with Crippen LogP contribution in [0.4, 0.5) is 20.3 Å². The molecule has 0 aliphatic rings. The number of carbonyl (C=O) groups excluding carboxylic acids is 2. The fraction of sp³-hybridized carbons (Fsp3) is 0.286. The lowest BCUT2D eigenvalue weighted by Crippen LogP contribution is -2.18. The minimum Gasteiger partial charge on any atom is -0.365 e. The number of hydrogen-bond donors (Lipinski definition) is 2. The third kappa shape index (κ3) is 4.51. The minimum absolute atomic E-state index is 0.0296. The molecule has 4 aromatic rings. The molecule has 0 aliphatic carbocycles. The van der Waals surface area contributed by atoms with Gasteiger partial charge in [0.15, 0.2) is 0 Å². The molecular formula is C21H20F2N8O4S. The summed E-state index contributed by atoms with van der Waals surface area (Å²) >= 11 is 0.797. The van der Waals surface area contributed by atoms with Crippen LogP contribution in [0.25, 0.3) is 21.3 Å². The Hall–Kier alpha value is -4.27. The van der Waals surface area contributed by atoms with Gasteiger partial charge in [0, 0.05) is 30.1 Å². The van der Waals surface area contributed by atoms with Crippen LogP contribution in [0.2, 0.25) is 0 Å². The van der Waals surface area contributed by atoms with E-state index in [2.05, 4.69) is 20.5 Å². The number of halogens is 2. The molecule has 3 N–H and O–H groups in total. The number of nitrogens with zero attached hydrogens (tertiary/aromatic N) is 6. The van der Waals surface area contributed by atoms with E-state index in [4.69, 9.17) is 5.73 Å². The highest BCUT2D eigenvalue weighted by molar-refractivity contribution is 7.21. The van der Waals surface area contributed by atoms with Gasteiger partial charge in [0.05, 0.1) is 35.3 Å². The zero-order valence-electron chi connectivity index (χ0n) is 19.3. The van der Waals surface area contributed by atoms with Crippen molar-refractivity contribution >= 4 is 44.9 Å². The van der Waals surface area contributed by atoms with Crippen LogP contribution in [-0.4, -0.2) is 41.3 Å². The first-order valence-corrected chi connectivity index (χ1v) is 11.3. The maximum absolute atomic E-state index is 13.6. The Balaban J connectivity index is 1.76. The number of thiophene rings is 1. The third-order valence-corrected chi connectivity index (χ3v) is 6.72. The van der Waals surface area contributed by atoms with Crippen LogP contribution in [0.5, 0.6) is 0 Å². The van der Waals surface area contributed by atoms with Crippen molar-refractivity contribution in [1.29, 1.82) is 0 Å². The monoisotopic (exact) mass is 518 g/mol. The van der Waals surface area contributed by atoms with E-state index < -0.39 is 28.9 Å². The van der Waals surface area contributed by atoms with Crippen LogP contribution in [0.1, 0.15) is 39.6 Å². The lowest BCUT2D eigenvalue weighted by Gasteiger charge is -2.11. The largest absolute Gasteiger partial charge is 0.390 e. The summed E-state index contributed by atoms with van der Waals surface area (Å²) in [4.78, 5) is 39.4. The van der Waals surface area contributed by atoms with Gasteiger partial charge in [0.1, 0.15) is 15.4 Å². The molecule has 0 aliphatic heterocycles. The average molecular weight is 519 g/mol. The maximum atomic E-state index is 13.6. The molecular weight excluding hydrogens is 498 g/mol. The number of nitrogens with one attached hydrogen (secondary N) is 1. The van der Waals surface area contributed by atoms with Crippen molar-refractivity contribution in [2.24, 2.45) is 12.8 Å². The number of aryl methyl sites for hydroxylation is 3. The van der Waals surface area contributed by atoms with E-state index in [9.17, 15) is 28.5 Å². The Labute approximate surface area is 205 Å². The van der Waals surface area contributed by atoms with Crippen molar-refractivity contribution in [3.05, 3.63) is 50.4 Å². The highest BCUT2D eigenvalue weighted by Crippen LogP contribution is 2.43. The zero-order chi connectivity index (χ0) is 26.3. The molecule has 4 aromatic heterocycles. The zero-order valence-corrected chi connectivity index (χ0v) is 20.1. The summed E-state index contributed by atoms with van der Waals surface area (Å²) in [5.74, 6) is -1.74. The first kappa shape index (κ1) is 24.8. The molecule has 0 radical (unpaired) electrons. The van der Waals surface area contributed by atoms with Crippen molar-refractivity contribution in [2.45, 2.75) is 33.2 Å². The Morgan fingerprint density at radius 2 is 2.00 bits per heavy atom. The highest BCUT2D eigenvalue weighted by atomic mass is 32.1. The molecule has 12 nitrogen and oxygen atoms in total. The molecule has 0 aromatic carbocycles. The number of alkyl halides is 2. The summed E-state index contributed by atoms with van der Waals surface area (Å²) in [7, 11) is 1.69. The van der Waals surface area contributed by atoms with Crippen molar-refractivity contribution in [1.82, 2.24) is 24.5 Å². The Morgan fingerprint density at radius 1 is 1.28 bits per heavy atom. The summed E-state index contributed by atoms with van der Waals surface area (Å²) in [6.45, 7) is 3.40. The lowest BCUT2D eigenvalue weighted by molar-refractivity contribution is -0.389. The Bertz CT molecular complexity index is 1520. The molecule has 15 heteroatoms. The number of nitro groups is 1. The number of carbonyl (C=O) groups is 2. The van der Waals surface area contributed by atoms with Crippen molar-refractivity contribution in [3.63, 3.8) is 0 Å². The van der Waals surface area contributed by atoms with Crippen LogP contribution in [0.3, 0.4) is 0 Å². The van der Waals surface area contributed by atoms with Crippen molar-refractivity contribution < 1.29 is 23.3 Å². The first-order valence-electron chi connectivity index (χ1n) is 10.5. The second-order valence-electron chi connectivity index (χ2n) is 7.94. The number of rotatable bonds is 8. The second kappa shape index (κ2) is 9.41. The number of primary amides is 1. The van der Waals surface area contributed by atoms with E-state index in [0.717, 1.165) is 11.3 Å². The van der Waals surface area contributed by atoms with E-state index in [1.807, 2.05) is 0 Å². The van der Waals surface area contributed by atoms with Gasteiger partial charge >= 0.3 is 5.82 Å². The highest BCUT2D eigenvalue weighted by Gasteiger charge is 2.26. The Morgan fingerprint density at radius 3 is 2.56 bits per heavy atom. The van der Waals surface area contributed by atoms with Gasteiger partial charge in [-0.05, 0) is 30.4 Å². The van der Waals surface area contributed by atoms with E-state index in [0.29, 0.717) is 22.5 Å². The molecule has 2 amide bonds. The number of fused-ring (bicyclic) bond motifs is 1. The molecule has 0 spiro atoms. The molecule has 4 heterocycles. The number of aromatic nitrogens is 5. The maximum Gasteiger partial charge on any atom is 0.390 e. The molecule has 0 saturated heterocycles. The average Bonchev–Trinajstić information content (AvgIpc) is 3.47. The van der Waals surface area contributed by atoms with E-state index in [1.54, 1.807) is 25.6 Å². The normalized spacial score (nSPS) is 11.4. The summed E-state index contributed by atoms with van der Waals surface area (Å²) in [6.07, 6.45) is -1.51. The smallest absolute Gasteiger partial charge is 0.365 e. The topological polar surface area (TPSA) is 164 Å². The van der Waals surface area contributed by atoms with Gasteiger partial charge in [0.2, 0.25) is 5.91 Å². The fourth-order valence-corrected chi connectivity index (χ4v) is 4.73. The van der Waals surface area contributed by atoms with Gasteiger partial charge in [-0.2, -0.15) is 9.78 Å². The molecule has 0 bridgehead atoms. The van der Waals surface area contributed by atoms with Gasteiger partial charge < -0.3 is 21.2 Å². The van der Waals surface area contributed by atoms with Gasteiger partial charge in [-0.25, -0.2) is 13.8 Å². The Kier molecular flexibility index (Phi) is 6.49. The van der Waals surface area contributed by atoms with Crippen LogP contribution in [0.15, 0.2) is 18.3 Å². The summed E-state index contributed by atoms with van der Waals surface area (Å²) in [6, 6.07) is 2.49. The minimum atomic E-state index is -2.87. The summed E-state index contributed by atoms with van der Waals surface area (Å²) in [5.41, 5.74) is 7.11. The van der Waals surface area contributed by atoms with E-state index >= 15 is 0 Å². The molecule has 36 heavy (non-hydrogen) atoms. The van der Waals surface area contributed by atoms with E-state index in [-0.39, 0.29) is 39.6 Å². The third-order valence-electron chi connectivity index (χ3n) is 5.63. The summed E-state index contributed by atoms with van der Waals surface area (Å²) < 4.78 is 30.1. The van der Waals surface area contributed by atoms with Crippen LogP contribution in [0, 0.1) is 24.0 Å². The quantitative estimate of drug-likeness (QED) is 0.266. The van der Waals surface area contributed by atoms with Crippen molar-refractivity contribution in [2.75, 3.05) is 5.32 Å². The second-order valence-corrected chi connectivity index (χ2v) is 8.93. The van der Waals surface area contributed by atoms with Crippen LogP contribution >= 0.6 is 11.3 Å². The van der Waals surface area contributed by atoms with Gasteiger partial charge in [-0.15, -0.1) is 11.3 Å². The number of pyridine rings is 1. The first-order chi connectivity index (χ1) is 17.0. The molecule has 0 fully saturated rings. The van der Waals surface area contributed by atoms with Gasteiger partial charge in [-0.1, -0.05) is 0 Å². The van der Waals surface area contributed by atoms with Crippen molar-refractivity contribution in [3.8, 4) is 11.1 Å². The molecule has 0 saturated carbocycles. The predicted molar refractivity (Wildman–Crippen MR) is 127 cm³/mol. The molecule has 0 atom stereocenters. The standard InChI is InChI=1S/C21H20F2N8O4S/c1-9-6-14(31(34)35)28-30(9)5-4-15(32)27-17-16-11(12-8-25-29(3)10(12)2)7-13(19(22)23)26-21(16)36-18(17)20(24)33/h6-8,19H,4-5H2,1-3H3,(H2,24,33)(H,27,32). The number of anilines is 1. The number of hydrogen-bond acceptors (Lipinski definition) is 8. The predicted octanol–water partition coefficient (Wildman–Crippen LogP) is 3.48. The molecule has 188 valence electrons. The fourth-order valence-electron chi connectivity index (χ4n) is 3.72. The van der Waals surface area contributed by atoms with Gasteiger partial charge in [0.25, 0.3) is 12.3 Å². The SMILES string of the molecule is Cc1c(-c2cc(C(F)F)nc3sc(C(N)=O)c(NC(=O)CCn4nc([N+](=O)[O-])cc4C)c23)cnn1C. The van der Waals surface area contributed by atoms with E-state index in [1.165, 1.54) is 23.0 Å². The van der Waals surface area contributed by atoms with Crippen LogP contribution < -0.4 is 11.1 Å². The number of amides is 2. The lowest BCUT2D eigenvalue weighted by atomic mass is 10.0. The van der Waals surface area contributed by atoms with Gasteiger partial charge in [-0.3, -0.25) is 14.3 Å². The molecule has 0 unspecified atom stereocenters. The molecule has 4 rings (SSSR count). The summed E-state index contributed by atoms with van der Waals surface area (Å²) in [5, 5.41) is 21.9.